The Hall–Kier alpha value is -0.210. The second kappa shape index (κ2) is 6.49. The van der Waals surface area contributed by atoms with Gasteiger partial charge in [-0.25, -0.2) is 0 Å². The van der Waals surface area contributed by atoms with Crippen LogP contribution < -0.4 is 5.32 Å². The molecule has 2 aliphatic heterocycles. The predicted molar refractivity (Wildman–Crippen MR) is 74.2 cm³/mol. The topological polar surface area (TPSA) is 61.9 Å². The Morgan fingerprint density at radius 2 is 1.89 bits per heavy atom. The molecule has 2 saturated heterocycles. The molecule has 0 aromatic carbocycles. The third-order valence-corrected chi connectivity index (χ3v) is 6.06. The van der Waals surface area contributed by atoms with Crippen molar-refractivity contribution in [3.05, 3.63) is 0 Å². The van der Waals surface area contributed by atoms with E-state index in [-0.39, 0.29) is 12.1 Å². The normalized spacial score (nSPS) is 31.5. The number of ether oxygens (including phenoxy) is 1. The summed E-state index contributed by atoms with van der Waals surface area (Å²) in [5, 5.41) is 3.43. The van der Waals surface area contributed by atoms with Crippen LogP contribution in [0.1, 0.15) is 26.7 Å². The molecule has 0 radical (unpaired) electrons. The fourth-order valence-electron chi connectivity index (χ4n) is 2.66. The molecular formula is C12H25N3O3S. The van der Waals surface area contributed by atoms with E-state index < -0.39 is 10.2 Å². The zero-order valence-electron chi connectivity index (χ0n) is 11.8. The van der Waals surface area contributed by atoms with Crippen LogP contribution >= 0.6 is 0 Å². The van der Waals surface area contributed by atoms with Crippen LogP contribution in [0.3, 0.4) is 0 Å². The second-order valence-corrected chi connectivity index (χ2v) is 7.05. The molecule has 0 aromatic heterocycles. The van der Waals surface area contributed by atoms with Gasteiger partial charge < -0.3 is 10.1 Å². The summed E-state index contributed by atoms with van der Waals surface area (Å²) >= 11 is 0. The smallest absolute Gasteiger partial charge is 0.282 e. The summed E-state index contributed by atoms with van der Waals surface area (Å²) in [5.74, 6) is 0. The highest BCUT2D eigenvalue weighted by Crippen LogP contribution is 2.20. The van der Waals surface area contributed by atoms with Gasteiger partial charge in [0.05, 0.1) is 13.2 Å². The first-order chi connectivity index (χ1) is 9.09. The van der Waals surface area contributed by atoms with E-state index in [1.54, 1.807) is 8.61 Å². The molecule has 0 bridgehead atoms. The maximum absolute atomic E-state index is 12.7. The Morgan fingerprint density at radius 3 is 2.47 bits per heavy atom. The summed E-state index contributed by atoms with van der Waals surface area (Å²) in [4.78, 5) is 0. The van der Waals surface area contributed by atoms with Crippen LogP contribution in [-0.2, 0) is 14.9 Å². The fraction of sp³-hybridized carbons (Fsp3) is 1.00. The molecule has 19 heavy (non-hydrogen) atoms. The van der Waals surface area contributed by atoms with Crippen molar-refractivity contribution in [1.29, 1.82) is 0 Å². The standard InChI is InChI=1S/C12H25N3O3S/c1-3-11-10-15(12(4-2)9-13-11)19(16,17)14-5-7-18-8-6-14/h11-13H,3-10H2,1-2H3. The molecule has 2 heterocycles. The lowest BCUT2D eigenvalue weighted by Crippen LogP contribution is -2.61. The van der Waals surface area contributed by atoms with E-state index in [1.165, 1.54) is 0 Å². The van der Waals surface area contributed by atoms with Crippen LogP contribution in [0.4, 0.5) is 0 Å². The largest absolute Gasteiger partial charge is 0.379 e. The van der Waals surface area contributed by atoms with Crippen molar-refractivity contribution in [1.82, 2.24) is 13.9 Å². The first kappa shape index (κ1) is 15.2. The van der Waals surface area contributed by atoms with Gasteiger partial charge in [-0.2, -0.15) is 17.0 Å². The summed E-state index contributed by atoms with van der Waals surface area (Å²) in [6.07, 6.45) is 1.79. The molecule has 7 heteroatoms. The Morgan fingerprint density at radius 1 is 1.21 bits per heavy atom. The summed E-state index contributed by atoms with van der Waals surface area (Å²) in [6.45, 7) is 7.40. The van der Waals surface area contributed by atoms with Gasteiger partial charge in [0, 0.05) is 38.3 Å². The minimum atomic E-state index is -3.34. The summed E-state index contributed by atoms with van der Waals surface area (Å²) in [6, 6.07) is 0.328. The zero-order valence-corrected chi connectivity index (χ0v) is 12.7. The van der Waals surface area contributed by atoms with Crippen molar-refractivity contribution in [2.45, 2.75) is 38.8 Å². The minimum Gasteiger partial charge on any atom is -0.379 e. The van der Waals surface area contributed by atoms with Gasteiger partial charge in [-0.15, -0.1) is 0 Å². The molecule has 0 aliphatic carbocycles. The SMILES string of the molecule is CCC1CN(S(=O)(=O)N2CCOCC2)C(CC)CN1. The average Bonchev–Trinajstić information content (AvgIpc) is 2.47. The molecule has 0 spiro atoms. The summed E-state index contributed by atoms with van der Waals surface area (Å²) < 4.78 is 34.0. The molecule has 0 aromatic rings. The van der Waals surface area contributed by atoms with Gasteiger partial charge in [0.15, 0.2) is 0 Å². The Balaban J connectivity index is 2.14. The minimum absolute atomic E-state index is 0.0654. The number of piperazine rings is 1. The van der Waals surface area contributed by atoms with Crippen LogP contribution in [0.25, 0.3) is 0 Å². The van der Waals surface area contributed by atoms with Crippen LogP contribution in [0, 0.1) is 0 Å². The summed E-state index contributed by atoms with van der Waals surface area (Å²) in [7, 11) is -3.34. The zero-order chi connectivity index (χ0) is 13.9. The number of nitrogens with one attached hydrogen (secondary N) is 1. The van der Waals surface area contributed by atoms with Crippen LogP contribution in [0.15, 0.2) is 0 Å². The van der Waals surface area contributed by atoms with E-state index in [0.29, 0.717) is 32.8 Å². The van der Waals surface area contributed by atoms with Crippen molar-refractivity contribution in [2.24, 2.45) is 0 Å². The van der Waals surface area contributed by atoms with Crippen LogP contribution in [0.5, 0.6) is 0 Å². The number of nitrogens with zero attached hydrogens (tertiary/aromatic N) is 2. The Bertz CT molecular complexity index is 382. The van der Waals surface area contributed by atoms with Gasteiger partial charge in [-0.3, -0.25) is 0 Å². The number of rotatable bonds is 4. The predicted octanol–water partition coefficient (Wildman–Crippen LogP) is 0.0258. The van der Waals surface area contributed by atoms with E-state index in [2.05, 4.69) is 12.2 Å². The van der Waals surface area contributed by atoms with Crippen LogP contribution in [0.2, 0.25) is 0 Å². The molecule has 2 atom stereocenters. The fourth-order valence-corrected chi connectivity index (χ4v) is 4.54. The third kappa shape index (κ3) is 3.28. The van der Waals surface area contributed by atoms with E-state index in [0.717, 1.165) is 19.4 Å². The van der Waals surface area contributed by atoms with Gasteiger partial charge in [0.25, 0.3) is 10.2 Å². The monoisotopic (exact) mass is 291 g/mol. The van der Waals surface area contributed by atoms with E-state index in [1.807, 2.05) is 6.92 Å². The quantitative estimate of drug-likeness (QED) is 0.793. The lowest BCUT2D eigenvalue weighted by Gasteiger charge is -2.41. The molecule has 112 valence electrons. The first-order valence-corrected chi connectivity index (χ1v) is 8.57. The molecule has 6 nitrogen and oxygen atoms in total. The van der Waals surface area contributed by atoms with Crippen molar-refractivity contribution in [3.8, 4) is 0 Å². The first-order valence-electron chi connectivity index (χ1n) is 7.17. The van der Waals surface area contributed by atoms with Gasteiger partial charge in [-0.1, -0.05) is 13.8 Å². The molecule has 1 N–H and O–H groups in total. The lowest BCUT2D eigenvalue weighted by atomic mass is 10.1. The van der Waals surface area contributed by atoms with Gasteiger partial charge >= 0.3 is 0 Å². The molecular weight excluding hydrogens is 266 g/mol. The molecule has 2 rings (SSSR count). The highest BCUT2D eigenvalue weighted by atomic mass is 32.2. The molecule has 2 fully saturated rings. The van der Waals surface area contributed by atoms with Gasteiger partial charge in [0.2, 0.25) is 0 Å². The van der Waals surface area contributed by atoms with Crippen molar-refractivity contribution in [2.75, 3.05) is 39.4 Å². The van der Waals surface area contributed by atoms with Gasteiger partial charge in [0.1, 0.15) is 0 Å². The van der Waals surface area contributed by atoms with E-state index in [9.17, 15) is 8.42 Å². The number of morpholine rings is 1. The average molecular weight is 291 g/mol. The van der Waals surface area contributed by atoms with Crippen molar-refractivity contribution < 1.29 is 13.2 Å². The van der Waals surface area contributed by atoms with Gasteiger partial charge in [-0.05, 0) is 12.8 Å². The number of hydrogen-bond acceptors (Lipinski definition) is 4. The van der Waals surface area contributed by atoms with E-state index >= 15 is 0 Å². The van der Waals surface area contributed by atoms with Crippen LogP contribution in [-0.4, -0.2) is 68.5 Å². The maximum Gasteiger partial charge on any atom is 0.282 e. The third-order valence-electron chi connectivity index (χ3n) is 4.01. The van der Waals surface area contributed by atoms with E-state index in [4.69, 9.17) is 4.74 Å². The highest BCUT2D eigenvalue weighted by molar-refractivity contribution is 7.86. The maximum atomic E-state index is 12.7. The van der Waals surface area contributed by atoms with Crippen molar-refractivity contribution >= 4 is 10.2 Å². The Labute approximate surface area is 116 Å². The molecule has 0 amide bonds. The van der Waals surface area contributed by atoms with Crippen molar-refractivity contribution in [3.63, 3.8) is 0 Å². The highest BCUT2D eigenvalue weighted by Gasteiger charge is 2.38. The number of hydrogen-bond donors (Lipinski definition) is 1. The molecule has 0 saturated carbocycles. The Kier molecular flexibility index (Phi) is 5.19. The second-order valence-electron chi connectivity index (χ2n) is 5.16. The lowest BCUT2D eigenvalue weighted by molar-refractivity contribution is 0.0676. The summed E-state index contributed by atoms with van der Waals surface area (Å²) in [5.41, 5.74) is 0. The molecule has 2 unspecified atom stereocenters. The molecule has 2 aliphatic rings.